The van der Waals surface area contributed by atoms with Crippen molar-refractivity contribution in [3.8, 4) is 0 Å². The van der Waals surface area contributed by atoms with Crippen LogP contribution in [0.2, 0.25) is 0 Å². The number of rotatable bonds is 3. The third-order valence-electron chi connectivity index (χ3n) is 3.27. The van der Waals surface area contributed by atoms with E-state index in [0.717, 1.165) is 16.7 Å². The van der Waals surface area contributed by atoms with Crippen LogP contribution < -0.4 is 11.3 Å². The third kappa shape index (κ3) is 2.75. The van der Waals surface area contributed by atoms with E-state index >= 15 is 0 Å². The van der Waals surface area contributed by atoms with Crippen LogP contribution in [0.3, 0.4) is 0 Å². The largest absolute Gasteiger partial charge is 0.271 e. The zero-order valence-electron chi connectivity index (χ0n) is 11.2. The van der Waals surface area contributed by atoms with Crippen molar-refractivity contribution in [3.63, 3.8) is 0 Å². The molecule has 1 unspecified atom stereocenters. The van der Waals surface area contributed by atoms with Crippen molar-refractivity contribution < 1.29 is 8.78 Å². The van der Waals surface area contributed by atoms with E-state index in [2.05, 4.69) is 21.4 Å². The van der Waals surface area contributed by atoms with Crippen LogP contribution in [-0.2, 0) is 0 Å². The number of benzene rings is 2. The highest BCUT2D eigenvalue weighted by Gasteiger charge is 2.23. The molecule has 0 aromatic heterocycles. The molecular weight excluding hydrogens is 326 g/mol. The standard InChI is InChI=1S/C15H15BrF2N2/c1-8-3-4-10(9(2)7-8)15(20-19)13-12(17)6-5-11(16)14(13)18/h3-7,15,20H,19H2,1-2H3. The van der Waals surface area contributed by atoms with Crippen molar-refractivity contribution >= 4 is 15.9 Å². The lowest BCUT2D eigenvalue weighted by molar-refractivity contribution is 0.506. The molecule has 5 heteroatoms. The minimum Gasteiger partial charge on any atom is -0.271 e. The Kier molecular flexibility index (Phi) is 4.52. The fourth-order valence-electron chi connectivity index (χ4n) is 2.29. The molecule has 0 fully saturated rings. The molecule has 0 aliphatic rings. The summed E-state index contributed by atoms with van der Waals surface area (Å²) >= 11 is 3.07. The van der Waals surface area contributed by atoms with Gasteiger partial charge in [-0.15, -0.1) is 0 Å². The summed E-state index contributed by atoms with van der Waals surface area (Å²) in [5, 5.41) is 0. The van der Waals surface area contributed by atoms with E-state index in [1.54, 1.807) is 0 Å². The zero-order chi connectivity index (χ0) is 14.9. The molecular formula is C15H15BrF2N2. The normalized spacial score (nSPS) is 12.5. The first kappa shape index (κ1) is 15.1. The number of hydrazine groups is 1. The summed E-state index contributed by atoms with van der Waals surface area (Å²) in [7, 11) is 0. The number of hydrogen-bond donors (Lipinski definition) is 2. The van der Waals surface area contributed by atoms with Crippen LogP contribution in [0, 0.1) is 25.5 Å². The summed E-state index contributed by atoms with van der Waals surface area (Å²) in [4.78, 5) is 0. The number of hydrogen-bond acceptors (Lipinski definition) is 2. The molecule has 2 aromatic carbocycles. The van der Waals surface area contributed by atoms with Crippen LogP contribution in [-0.4, -0.2) is 0 Å². The number of aryl methyl sites for hydroxylation is 2. The number of nitrogens with two attached hydrogens (primary N) is 1. The van der Waals surface area contributed by atoms with Crippen LogP contribution >= 0.6 is 15.9 Å². The summed E-state index contributed by atoms with van der Waals surface area (Å²) in [6, 6.07) is 7.48. The molecule has 0 bridgehead atoms. The van der Waals surface area contributed by atoms with Crippen LogP contribution in [0.1, 0.15) is 28.3 Å². The van der Waals surface area contributed by atoms with Crippen LogP contribution in [0.15, 0.2) is 34.8 Å². The van der Waals surface area contributed by atoms with Crippen LogP contribution in [0.5, 0.6) is 0 Å². The van der Waals surface area contributed by atoms with E-state index in [4.69, 9.17) is 5.84 Å². The first-order valence-corrected chi connectivity index (χ1v) is 6.91. The predicted octanol–water partition coefficient (Wildman–Crippen LogP) is 3.90. The second-order valence-electron chi connectivity index (χ2n) is 4.72. The maximum absolute atomic E-state index is 14.2. The summed E-state index contributed by atoms with van der Waals surface area (Å²) < 4.78 is 28.4. The van der Waals surface area contributed by atoms with Crippen LogP contribution in [0.25, 0.3) is 0 Å². The molecule has 2 aromatic rings. The Labute approximate surface area is 125 Å². The lowest BCUT2D eigenvalue weighted by atomic mass is 9.93. The van der Waals surface area contributed by atoms with E-state index < -0.39 is 17.7 Å². The summed E-state index contributed by atoms with van der Waals surface area (Å²) in [5.74, 6) is 4.26. The Hall–Kier alpha value is -1.30. The van der Waals surface area contributed by atoms with Gasteiger partial charge in [-0.2, -0.15) is 0 Å². The van der Waals surface area contributed by atoms with Gasteiger partial charge in [0.05, 0.1) is 10.5 Å². The van der Waals surface area contributed by atoms with E-state index in [0.29, 0.717) is 0 Å². The van der Waals surface area contributed by atoms with E-state index in [1.165, 1.54) is 12.1 Å². The van der Waals surface area contributed by atoms with Gasteiger partial charge in [-0.05, 0) is 53.0 Å². The number of halogens is 3. The molecule has 1 atom stereocenters. The summed E-state index contributed by atoms with van der Waals surface area (Å²) in [6.45, 7) is 3.85. The minimum absolute atomic E-state index is 0.0890. The highest BCUT2D eigenvalue weighted by atomic mass is 79.9. The second kappa shape index (κ2) is 5.99. The Bertz CT molecular complexity index is 644. The minimum atomic E-state index is -0.742. The lowest BCUT2D eigenvalue weighted by Crippen LogP contribution is -2.31. The Balaban J connectivity index is 2.61. The molecule has 0 aliphatic heterocycles. The molecule has 20 heavy (non-hydrogen) atoms. The smallest absolute Gasteiger partial charge is 0.145 e. The molecule has 0 amide bonds. The highest BCUT2D eigenvalue weighted by molar-refractivity contribution is 9.10. The van der Waals surface area contributed by atoms with Crippen molar-refractivity contribution in [3.05, 3.63) is 68.7 Å². The zero-order valence-corrected chi connectivity index (χ0v) is 12.8. The van der Waals surface area contributed by atoms with Gasteiger partial charge in [0.15, 0.2) is 0 Å². The molecule has 0 spiro atoms. The van der Waals surface area contributed by atoms with Crippen molar-refractivity contribution in [2.75, 3.05) is 0 Å². The van der Waals surface area contributed by atoms with Gasteiger partial charge < -0.3 is 0 Å². The molecule has 0 saturated carbocycles. The van der Waals surface area contributed by atoms with Gasteiger partial charge in [0.2, 0.25) is 0 Å². The molecule has 0 saturated heterocycles. The molecule has 0 radical (unpaired) electrons. The van der Waals surface area contributed by atoms with E-state index in [9.17, 15) is 8.78 Å². The second-order valence-corrected chi connectivity index (χ2v) is 5.57. The first-order chi connectivity index (χ1) is 9.45. The molecule has 106 valence electrons. The summed E-state index contributed by atoms with van der Waals surface area (Å²) in [5.41, 5.74) is 5.16. The molecule has 0 aliphatic carbocycles. The van der Waals surface area contributed by atoms with Gasteiger partial charge in [0.25, 0.3) is 0 Å². The fraction of sp³-hybridized carbons (Fsp3) is 0.200. The van der Waals surface area contributed by atoms with E-state index in [1.807, 2.05) is 32.0 Å². The van der Waals surface area contributed by atoms with Crippen molar-refractivity contribution in [2.45, 2.75) is 19.9 Å². The van der Waals surface area contributed by atoms with Gasteiger partial charge in [-0.3, -0.25) is 5.84 Å². The van der Waals surface area contributed by atoms with Gasteiger partial charge in [0.1, 0.15) is 11.6 Å². The Morgan fingerprint density at radius 3 is 2.45 bits per heavy atom. The first-order valence-electron chi connectivity index (χ1n) is 6.12. The highest BCUT2D eigenvalue weighted by Crippen LogP contribution is 2.31. The monoisotopic (exact) mass is 340 g/mol. The van der Waals surface area contributed by atoms with Gasteiger partial charge in [-0.1, -0.05) is 23.8 Å². The Morgan fingerprint density at radius 1 is 1.15 bits per heavy atom. The maximum atomic E-state index is 14.2. The molecule has 2 nitrogen and oxygen atoms in total. The SMILES string of the molecule is Cc1ccc(C(NN)c2c(F)ccc(Br)c2F)c(C)c1. The van der Waals surface area contributed by atoms with Crippen molar-refractivity contribution in [1.82, 2.24) is 5.43 Å². The fourth-order valence-corrected chi connectivity index (χ4v) is 2.63. The maximum Gasteiger partial charge on any atom is 0.145 e. The van der Waals surface area contributed by atoms with Gasteiger partial charge in [0, 0.05) is 5.56 Å². The number of nitrogens with one attached hydrogen (secondary N) is 1. The molecule has 3 N–H and O–H groups in total. The van der Waals surface area contributed by atoms with Crippen LogP contribution in [0.4, 0.5) is 8.78 Å². The average molecular weight is 341 g/mol. The third-order valence-corrected chi connectivity index (χ3v) is 3.88. The summed E-state index contributed by atoms with van der Waals surface area (Å²) in [6.07, 6.45) is 0. The Morgan fingerprint density at radius 2 is 1.85 bits per heavy atom. The molecule has 2 rings (SSSR count). The van der Waals surface area contributed by atoms with Gasteiger partial charge >= 0.3 is 0 Å². The predicted molar refractivity (Wildman–Crippen MR) is 79.1 cm³/mol. The van der Waals surface area contributed by atoms with E-state index in [-0.39, 0.29) is 10.0 Å². The van der Waals surface area contributed by atoms with Crippen molar-refractivity contribution in [2.24, 2.45) is 5.84 Å². The topological polar surface area (TPSA) is 38.0 Å². The average Bonchev–Trinajstić information content (AvgIpc) is 2.40. The van der Waals surface area contributed by atoms with Gasteiger partial charge in [-0.25, -0.2) is 14.2 Å². The molecule has 0 heterocycles. The quantitative estimate of drug-likeness (QED) is 0.505. The van der Waals surface area contributed by atoms with Crippen molar-refractivity contribution in [1.29, 1.82) is 0 Å². The lowest BCUT2D eigenvalue weighted by Gasteiger charge is -2.21.